The first-order valence-electron chi connectivity index (χ1n) is 10.9. The summed E-state index contributed by atoms with van der Waals surface area (Å²) in [6.45, 7) is 5.55. The molecule has 6 nitrogen and oxygen atoms in total. The summed E-state index contributed by atoms with van der Waals surface area (Å²) >= 11 is 0. The Labute approximate surface area is 196 Å². The Balaban J connectivity index is 1.75. The van der Waals surface area contributed by atoms with E-state index in [-0.39, 0.29) is 11.9 Å². The van der Waals surface area contributed by atoms with Crippen LogP contribution < -0.4 is 14.4 Å². The molecule has 7 heteroatoms. The number of carbonyl (C=O) groups is 1. The fourth-order valence-corrected chi connectivity index (χ4v) is 4.73. The standard InChI is InChI=1S/C26H30N2O4S/c1-5-21-11-13-22(14-12-21)19(2)27-26(29)20(3)28(33(4,30)31)23-15-17-25(18-16-23)32-24-9-7-6-8-10-24/h6-20H,5H2,1-4H3,(H,27,29)/t19-,20+/m1/s1. The quantitative estimate of drug-likeness (QED) is 0.478. The molecule has 0 aromatic heterocycles. The minimum Gasteiger partial charge on any atom is -0.457 e. The van der Waals surface area contributed by atoms with Crippen molar-refractivity contribution in [2.75, 3.05) is 10.6 Å². The summed E-state index contributed by atoms with van der Waals surface area (Å²) in [5.41, 5.74) is 2.56. The van der Waals surface area contributed by atoms with Crippen LogP contribution in [0.5, 0.6) is 11.5 Å². The highest BCUT2D eigenvalue weighted by Gasteiger charge is 2.30. The molecular formula is C26H30N2O4S. The zero-order valence-corrected chi connectivity index (χ0v) is 20.2. The van der Waals surface area contributed by atoms with Crippen molar-refractivity contribution in [3.63, 3.8) is 0 Å². The number of nitrogens with zero attached hydrogens (tertiary/aromatic N) is 1. The molecule has 0 radical (unpaired) electrons. The van der Waals surface area contributed by atoms with Crippen LogP contribution in [0.3, 0.4) is 0 Å². The molecule has 0 fully saturated rings. The Kier molecular flexibility index (Phi) is 7.76. The first kappa shape index (κ1) is 24.3. The number of carbonyl (C=O) groups excluding carboxylic acids is 1. The van der Waals surface area contributed by atoms with Gasteiger partial charge in [-0.05, 0) is 67.8 Å². The Morgan fingerprint density at radius 2 is 1.48 bits per heavy atom. The molecular weight excluding hydrogens is 436 g/mol. The fraction of sp³-hybridized carbons (Fsp3) is 0.269. The van der Waals surface area contributed by atoms with Crippen LogP contribution in [0.1, 0.15) is 37.9 Å². The molecule has 0 heterocycles. The SMILES string of the molecule is CCc1ccc([C@@H](C)NC(=O)[C@H](C)N(c2ccc(Oc3ccccc3)cc2)S(C)(=O)=O)cc1. The third-order valence-electron chi connectivity index (χ3n) is 5.41. The zero-order chi connectivity index (χ0) is 24.0. The van der Waals surface area contributed by atoms with E-state index in [0.29, 0.717) is 17.2 Å². The Morgan fingerprint density at radius 3 is 2.03 bits per heavy atom. The highest BCUT2D eigenvalue weighted by atomic mass is 32.2. The summed E-state index contributed by atoms with van der Waals surface area (Å²) < 4.78 is 32.1. The largest absolute Gasteiger partial charge is 0.457 e. The number of para-hydroxylation sites is 1. The van der Waals surface area contributed by atoms with Crippen LogP contribution in [-0.2, 0) is 21.2 Å². The number of sulfonamides is 1. The molecule has 0 bridgehead atoms. The molecule has 0 saturated heterocycles. The molecule has 33 heavy (non-hydrogen) atoms. The van der Waals surface area contributed by atoms with Crippen LogP contribution in [0.15, 0.2) is 78.9 Å². The van der Waals surface area contributed by atoms with Crippen LogP contribution in [0.2, 0.25) is 0 Å². The molecule has 3 rings (SSSR count). The lowest BCUT2D eigenvalue weighted by molar-refractivity contribution is -0.122. The van der Waals surface area contributed by atoms with Crippen molar-refractivity contribution in [2.24, 2.45) is 0 Å². The van der Waals surface area contributed by atoms with Gasteiger partial charge in [0, 0.05) is 0 Å². The van der Waals surface area contributed by atoms with Crippen LogP contribution in [-0.4, -0.2) is 26.6 Å². The third kappa shape index (κ3) is 6.35. The van der Waals surface area contributed by atoms with E-state index in [0.717, 1.165) is 22.5 Å². The number of aryl methyl sites for hydroxylation is 1. The number of hydrogen-bond donors (Lipinski definition) is 1. The van der Waals surface area contributed by atoms with Gasteiger partial charge in [-0.25, -0.2) is 8.42 Å². The highest BCUT2D eigenvalue weighted by Crippen LogP contribution is 2.27. The van der Waals surface area contributed by atoms with Gasteiger partial charge in [-0.15, -0.1) is 0 Å². The average molecular weight is 467 g/mol. The molecule has 3 aromatic carbocycles. The Morgan fingerprint density at radius 1 is 0.909 bits per heavy atom. The van der Waals surface area contributed by atoms with E-state index in [1.807, 2.05) is 61.5 Å². The summed E-state index contributed by atoms with van der Waals surface area (Å²) in [6.07, 6.45) is 2.04. The maximum absolute atomic E-state index is 13.0. The molecule has 0 aliphatic heterocycles. The zero-order valence-electron chi connectivity index (χ0n) is 19.4. The molecule has 0 unspecified atom stereocenters. The lowest BCUT2D eigenvalue weighted by atomic mass is 10.0. The normalized spacial score (nSPS) is 13.1. The first-order chi connectivity index (χ1) is 15.7. The van der Waals surface area contributed by atoms with Gasteiger partial charge in [-0.2, -0.15) is 0 Å². The van der Waals surface area contributed by atoms with Crippen molar-refractivity contribution < 1.29 is 17.9 Å². The molecule has 3 aromatic rings. The number of rotatable bonds is 9. The van der Waals surface area contributed by atoms with Crippen molar-refractivity contribution in [1.82, 2.24) is 5.32 Å². The number of nitrogens with one attached hydrogen (secondary N) is 1. The van der Waals surface area contributed by atoms with Gasteiger partial charge >= 0.3 is 0 Å². The molecule has 0 aliphatic carbocycles. The average Bonchev–Trinajstić information content (AvgIpc) is 2.80. The van der Waals surface area contributed by atoms with Gasteiger partial charge < -0.3 is 10.1 Å². The fourth-order valence-electron chi connectivity index (χ4n) is 3.55. The summed E-state index contributed by atoms with van der Waals surface area (Å²) in [7, 11) is -3.71. The molecule has 0 spiro atoms. The van der Waals surface area contributed by atoms with E-state index in [4.69, 9.17) is 4.74 Å². The van der Waals surface area contributed by atoms with Crippen LogP contribution >= 0.6 is 0 Å². The van der Waals surface area contributed by atoms with E-state index in [2.05, 4.69) is 12.2 Å². The molecule has 0 aliphatic rings. The summed E-state index contributed by atoms with van der Waals surface area (Å²) in [4.78, 5) is 13.0. The van der Waals surface area contributed by atoms with E-state index in [9.17, 15) is 13.2 Å². The third-order valence-corrected chi connectivity index (χ3v) is 6.65. The van der Waals surface area contributed by atoms with Crippen molar-refractivity contribution in [1.29, 1.82) is 0 Å². The topological polar surface area (TPSA) is 75.7 Å². The number of amides is 1. The number of hydrogen-bond acceptors (Lipinski definition) is 4. The first-order valence-corrected chi connectivity index (χ1v) is 12.8. The van der Waals surface area contributed by atoms with Crippen molar-refractivity contribution >= 4 is 21.6 Å². The lowest BCUT2D eigenvalue weighted by Crippen LogP contribution is -2.48. The number of anilines is 1. The van der Waals surface area contributed by atoms with Gasteiger partial charge in [0.1, 0.15) is 17.5 Å². The molecule has 174 valence electrons. The summed E-state index contributed by atoms with van der Waals surface area (Å²) in [6, 6.07) is 22.8. The van der Waals surface area contributed by atoms with Crippen LogP contribution in [0, 0.1) is 0 Å². The van der Waals surface area contributed by atoms with Crippen LogP contribution in [0.25, 0.3) is 0 Å². The predicted octanol–water partition coefficient (Wildman–Crippen LogP) is 5.07. The molecule has 0 saturated carbocycles. The highest BCUT2D eigenvalue weighted by molar-refractivity contribution is 7.92. The summed E-state index contributed by atoms with van der Waals surface area (Å²) in [5.74, 6) is 0.871. The van der Waals surface area contributed by atoms with Gasteiger partial charge in [0.05, 0.1) is 18.0 Å². The van der Waals surface area contributed by atoms with Gasteiger partial charge in [0.25, 0.3) is 0 Å². The van der Waals surface area contributed by atoms with Crippen molar-refractivity contribution in [2.45, 2.75) is 39.3 Å². The van der Waals surface area contributed by atoms with Gasteiger partial charge in [0.15, 0.2) is 0 Å². The Bertz CT molecular complexity index is 1160. The Hall–Kier alpha value is -3.32. The molecule has 1 amide bonds. The van der Waals surface area contributed by atoms with E-state index < -0.39 is 16.1 Å². The minimum absolute atomic E-state index is 0.256. The van der Waals surface area contributed by atoms with Gasteiger partial charge in [-0.3, -0.25) is 9.10 Å². The maximum Gasteiger partial charge on any atom is 0.244 e. The van der Waals surface area contributed by atoms with E-state index in [1.165, 1.54) is 5.56 Å². The monoisotopic (exact) mass is 466 g/mol. The second-order valence-corrected chi connectivity index (χ2v) is 9.83. The second kappa shape index (κ2) is 10.5. The second-order valence-electron chi connectivity index (χ2n) is 7.97. The number of benzene rings is 3. The van der Waals surface area contributed by atoms with E-state index in [1.54, 1.807) is 31.2 Å². The summed E-state index contributed by atoms with van der Waals surface area (Å²) in [5, 5.41) is 2.93. The number of ether oxygens (including phenoxy) is 1. The minimum atomic E-state index is -3.71. The van der Waals surface area contributed by atoms with Crippen LogP contribution in [0.4, 0.5) is 5.69 Å². The van der Waals surface area contributed by atoms with Crippen molar-refractivity contribution in [3.05, 3.63) is 90.0 Å². The van der Waals surface area contributed by atoms with E-state index >= 15 is 0 Å². The molecule has 1 N–H and O–H groups in total. The van der Waals surface area contributed by atoms with Gasteiger partial charge in [-0.1, -0.05) is 49.4 Å². The molecule has 2 atom stereocenters. The van der Waals surface area contributed by atoms with Gasteiger partial charge in [0.2, 0.25) is 15.9 Å². The smallest absolute Gasteiger partial charge is 0.244 e. The predicted molar refractivity (Wildman–Crippen MR) is 132 cm³/mol. The van der Waals surface area contributed by atoms with Crippen molar-refractivity contribution in [3.8, 4) is 11.5 Å². The lowest BCUT2D eigenvalue weighted by Gasteiger charge is -2.29. The maximum atomic E-state index is 13.0.